The van der Waals surface area contributed by atoms with Gasteiger partial charge in [0.15, 0.2) is 0 Å². The zero-order valence-corrected chi connectivity index (χ0v) is 19.8. The molecule has 33 heavy (non-hydrogen) atoms. The van der Waals surface area contributed by atoms with Gasteiger partial charge in [0.2, 0.25) is 0 Å². The Morgan fingerprint density at radius 2 is 1.58 bits per heavy atom. The molecule has 0 saturated carbocycles. The van der Waals surface area contributed by atoms with Gasteiger partial charge in [0.05, 0.1) is 4.90 Å². The normalized spacial score (nSPS) is 14.1. The smallest absolute Gasteiger partial charge is 0.262 e. The van der Waals surface area contributed by atoms with Crippen LogP contribution in [0, 0.1) is 13.8 Å². The molecule has 3 aromatic rings. The number of anilines is 3. The second kappa shape index (κ2) is 9.67. The SMILES string of the molecule is Cc1cccc(NS(=O)(=O)c2cc(C(=O)Nc3ccc(N4CCCCC4)cc3)ccc2C)c1. The van der Waals surface area contributed by atoms with E-state index < -0.39 is 10.0 Å². The highest BCUT2D eigenvalue weighted by Gasteiger charge is 2.20. The number of carbonyl (C=O) groups excluding carboxylic acids is 1. The summed E-state index contributed by atoms with van der Waals surface area (Å²) >= 11 is 0. The Kier molecular flexibility index (Phi) is 6.70. The van der Waals surface area contributed by atoms with Crippen LogP contribution in [0.5, 0.6) is 0 Å². The van der Waals surface area contributed by atoms with Gasteiger partial charge in [-0.3, -0.25) is 9.52 Å². The average Bonchev–Trinajstić information content (AvgIpc) is 2.80. The molecule has 1 amide bonds. The van der Waals surface area contributed by atoms with Crippen molar-refractivity contribution in [1.29, 1.82) is 0 Å². The molecule has 172 valence electrons. The lowest BCUT2D eigenvalue weighted by Gasteiger charge is -2.28. The van der Waals surface area contributed by atoms with Gasteiger partial charge in [0, 0.05) is 35.7 Å². The van der Waals surface area contributed by atoms with Crippen LogP contribution in [0.15, 0.2) is 71.6 Å². The molecule has 1 aliphatic heterocycles. The first-order valence-corrected chi connectivity index (χ1v) is 12.7. The third-order valence-electron chi connectivity index (χ3n) is 5.86. The van der Waals surface area contributed by atoms with Crippen molar-refractivity contribution < 1.29 is 13.2 Å². The van der Waals surface area contributed by atoms with Crippen molar-refractivity contribution in [2.75, 3.05) is 28.0 Å². The second-order valence-corrected chi connectivity index (χ2v) is 10.2. The largest absolute Gasteiger partial charge is 0.372 e. The van der Waals surface area contributed by atoms with Crippen LogP contribution < -0.4 is 14.9 Å². The number of nitrogens with one attached hydrogen (secondary N) is 2. The first kappa shape index (κ1) is 22.9. The molecule has 0 unspecified atom stereocenters. The van der Waals surface area contributed by atoms with E-state index in [1.165, 1.54) is 25.3 Å². The van der Waals surface area contributed by atoms with Crippen LogP contribution in [0.4, 0.5) is 17.1 Å². The predicted octanol–water partition coefficient (Wildman–Crippen LogP) is 5.35. The summed E-state index contributed by atoms with van der Waals surface area (Å²) in [5, 5.41) is 2.87. The molecule has 1 saturated heterocycles. The number of benzene rings is 3. The van der Waals surface area contributed by atoms with Crippen LogP contribution in [-0.4, -0.2) is 27.4 Å². The lowest BCUT2D eigenvalue weighted by molar-refractivity contribution is 0.102. The van der Waals surface area contributed by atoms with Gasteiger partial charge in [-0.15, -0.1) is 0 Å². The zero-order valence-electron chi connectivity index (χ0n) is 19.0. The van der Waals surface area contributed by atoms with E-state index in [1.54, 1.807) is 37.3 Å². The Morgan fingerprint density at radius 3 is 2.27 bits per heavy atom. The predicted molar refractivity (Wildman–Crippen MR) is 134 cm³/mol. The first-order chi connectivity index (χ1) is 15.8. The van der Waals surface area contributed by atoms with Gasteiger partial charge < -0.3 is 10.2 Å². The molecule has 2 N–H and O–H groups in total. The highest BCUT2D eigenvalue weighted by Crippen LogP contribution is 2.24. The average molecular weight is 464 g/mol. The number of hydrogen-bond donors (Lipinski definition) is 2. The first-order valence-electron chi connectivity index (χ1n) is 11.2. The Labute approximate surface area is 195 Å². The number of nitrogens with zero attached hydrogens (tertiary/aromatic N) is 1. The van der Waals surface area contributed by atoms with E-state index in [0.717, 1.165) is 24.3 Å². The number of amides is 1. The fraction of sp³-hybridized carbons (Fsp3) is 0.269. The molecule has 3 aromatic carbocycles. The second-order valence-electron chi connectivity index (χ2n) is 8.50. The minimum Gasteiger partial charge on any atom is -0.372 e. The van der Waals surface area contributed by atoms with E-state index in [4.69, 9.17) is 0 Å². The van der Waals surface area contributed by atoms with E-state index >= 15 is 0 Å². The number of piperidine rings is 1. The summed E-state index contributed by atoms with van der Waals surface area (Å²) in [7, 11) is -3.84. The lowest BCUT2D eigenvalue weighted by Crippen LogP contribution is -2.29. The van der Waals surface area contributed by atoms with Crippen molar-refractivity contribution in [1.82, 2.24) is 0 Å². The van der Waals surface area contributed by atoms with Gasteiger partial charge in [0.25, 0.3) is 15.9 Å². The van der Waals surface area contributed by atoms with Gasteiger partial charge in [0.1, 0.15) is 0 Å². The maximum atomic E-state index is 13.0. The summed E-state index contributed by atoms with van der Waals surface area (Å²) in [5.74, 6) is -0.354. The molecule has 6 nitrogen and oxygen atoms in total. The number of aryl methyl sites for hydroxylation is 2. The van der Waals surface area contributed by atoms with Crippen LogP contribution in [0.1, 0.15) is 40.7 Å². The van der Waals surface area contributed by atoms with Crippen molar-refractivity contribution in [3.05, 3.63) is 83.4 Å². The van der Waals surface area contributed by atoms with Crippen LogP contribution in [-0.2, 0) is 10.0 Å². The van der Waals surface area contributed by atoms with Crippen molar-refractivity contribution in [3.8, 4) is 0 Å². The molecule has 1 fully saturated rings. The van der Waals surface area contributed by atoms with E-state index in [1.807, 2.05) is 37.3 Å². The van der Waals surface area contributed by atoms with Gasteiger partial charge in [-0.25, -0.2) is 8.42 Å². The fourth-order valence-corrected chi connectivity index (χ4v) is 5.38. The zero-order chi connectivity index (χ0) is 23.4. The Hall–Kier alpha value is -3.32. The van der Waals surface area contributed by atoms with E-state index in [9.17, 15) is 13.2 Å². The van der Waals surface area contributed by atoms with Gasteiger partial charge in [-0.2, -0.15) is 0 Å². The third kappa shape index (κ3) is 5.54. The van der Waals surface area contributed by atoms with E-state index in [-0.39, 0.29) is 16.4 Å². The molecule has 4 rings (SSSR count). The van der Waals surface area contributed by atoms with Crippen molar-refractivity contribution in [3.63, 3.8) is 0 Å². The van der Waals surface area contributed by atoms with Gasteiger partial charge >= 0.3 is 0 Å². The molecule has 0 aliphatic carbocycles. The summed E-state index contributed by atoms with van der Waals surface area (Å²) in [5.41, 5.74) is 4.11. The van der Waals surface area contributed by atoms with Crippen LogP contribution in [0.2, 0.25) is 0 Å². The molecule has 0 atom stereocenters. The van der Waals surface area contributed by atoms with E-state index in [0.29, 0.717) is 16.9 Å². The maximum absolute atomic E-state index is 13.0. The highest BCUT2D eigenvalue weighted by atomic mass is 32.2. The lowest BCUT2D eigenvalue weighted by atomic mass is 10.1. The topological polar surface area (TPSA) is 78.5 Å². The Balaban J connectivity index is 1.50. The summed E-state index contributed by atoms with van der Waals surface area (Å²) < 4.78 is 28.6. The monoisotopic (exact) mass is 463 g/mol. The van der Waals surface area contributed by atoms with Crippen molar-refractivity contribution >= 4 is 33.0 Å². The molecule has 1 aliphatic rings. The van der Waals surface area contributed by atoms with Crippen molar-refractivity contribution in [2.24, 2.45) is 0 Å². The summed E-state index contributed by atoms with van der Waals surface area (Å²) in [6, 6.07) is 19.6. The van der Waals surface area contributed by atoms with Gasteiger partial charge in [-0.1, -0.05) is 18.2 Å². The minimum absolute atomic E-state index is 0.0807. The summed E-state index contributed by atoms with van der Waals surface area (Å²) in [6.45, 7) is 5.73. The highest BCUT2D eigenvalue weighted by molar-refractivity contribution is 7.92. The van der Waals surface area contributed by atoms with Crippen LogP contribution >= 0.6 is 0 Å². The number of hydrogen-bond acceptors (Lipinski definition) is 4. The standard InChI is InChI=1S/C26H29N3O3S/c1-19-7-6-8-23(17-19)28-33(31,32)25-18-21(10-9-20(25)2)26(30)27-22-11-13-24(14-12-22)29-15-4-3-5-16-29/h6-14,17-18,28H,3-5,15-16H2,1-2H3,(H,27,30). The number of carbonyl (C=O) groups is 1. The summed E-state index contributed by atoms with van der Waals surface area (Å²) in [4.78, 5) is 15.3. The molecule has 1 heterocycles. The number of sulfonamides is 1. The molecular weight excluding hydrogens is 434 g/mol. The molecule has 0 spiro atoms. The number of rotatable bonds is 6. The summed E-state index contributed by atoms with van der Waals surface area (Å²) in [6.07, 6.45) is 3.69. The Morgan fingerprint density at radius 1 is 0.848 bits per heavy atom. The molecular formula is C26H29N3O3S. The molecule has 0 radical (unpaired) electrons. The Bertz CT molecular complexity index is 1250. The van der Waals surface area contributed by atoms with Gasteiger partial charge in [-0.05, 0) is 92.8 Å². The third-order valence-corrected chi connectivity index (χ3v) is 7.38. The molecule has 0 bridgehead atoms. The quantitative estimate of drug-likeness (QED) is 0.517. The maximum Gasteiger partial charge on any atom is 0.262 e. The molecule has 7 heteroatoms. The minimum atomic E-state index is -3.84. The fourth-order valence-electron chi connectivity index (χ4n) is 4.06. The van der Waals surface area contributed by atoms with E-state index in [2.05, 4.69) is 14.9 Å². The molecule has 0 aromatic heterocycles. The van der Waals surface area contributed by atoms with Crippen molar-refractivity contribution in [2.45, 2.75) is 38.0 Å². The van der Waals surface area contributed by atoms with Crippen LogP contribution in [0.25, 0.3) is 0 Å². The van der Waals surface area contributed by atoms with Crippen LogP contribution in [0.3, 0.4) is 0 Å².